The Hall–Kier alpha value is -4.51. The number of thiophene rings is 1. The Morgan fingerprint density at radius 3 is 2.48 bits per heavy atom. The molecule has 3 aromatic carbocycles. The number of aryl methyl sites for hydroxylation is 1. The molecular weight excluding hydrogens is 538 g/mol. The molecule has 194 valence electrons. The predicted octanol–water partition coefficient (Wildman–Crippen LogP) is 6.72. The van der Waals surface area contributed by atoms with E-state index >= 15 is 0 Å². The largest absolute Gasteiger partial charge is 0.296 e. The van der Waals surface area contributed by atoms with Crippen LogP contribution < -0.4 is 5.56 Å². The van der Waals surface area contributed by atoms with Gasteiger partial charge in [0, 0.05) is 26.9 Å². The summed E-state index contributed by atoms with van der Waals surface area (Å²) in [5.74, 6) is 8.14. The zero-order valence-corrected chi connectivity index (χ0v) is 23.3. The molecule has 1 unspecified atom stereocenters. The number of pyridine rings is 1. The van der Waals surface area contributed by atoms with Gasteiger partial charge in [-0.2, -0.15) is 0 Å². The minimum absolute atomic E-state index is 0.0440. The van der Waals surface area contributed by atoms with Crippen LogP contribution in [0.3, 0.4) is 0 Å². The summed E-state index contributed by atoms with van der Waals surface area (Å²) >= 11 is 8.19. The maximum atomic E-state index is 13.4. The highest BCUT2D eigenvalue weighted by molar-refractivity contribution is 7.15. The summed E-state index contributed by atoms with van der Waals surface area (Å²) in [7, 11) is 0. The van der Waals surface area contributed by atoms with Crippen molar-refractivity contribution in [3.8, 4) is 16.8 Å². The van der Waals surface area contributed by atoms with Gasteiger partial charge in [-0.3, -0.25) is 18.9 Å². The second kappa shape index (κ2) is 9.60. The van der Waals surface area contributed by atoms with Crippen LogP contribution in [0.4, 0.5) is 0 Å². The zero-order chi connectivity index (χ0) is 27.4. The van der Waals surface area contributed by atoms with Gasteiger partial charge in [-0.1, -0.05) is 78.0 Å². The number of rotatable bonds is 2. The first-order valence-electron chi connectivity index (χ1n) is 12.9. The zero-order valence-electron chi connectivity index (χ0n) is 21.7. The van der Waals surface area contributed by atoms with Crippen molar-refractivity contribution >= 4 is 50.3 Å². The van der Waals surface area contributed by atoms with E-state index in [1.54, 1.807) is 15.9 Å². The maximum Gasteiger partial charge on any atom is 0.259 e. The number of hydrogen-bond acceptors (Lipinski definition) is 5. The van der Waals surface area contributed by atoms with Crippen LogP contribution >= 0.6 is 22.9 Å². The Balaban J connectivity index is 1.35. The van der Waals surface area contributed by atoms with Gasteiger partial charge in [0.05, 0.1) is 22.7 Å². The van der Waals surface area contributed by atoms with Crippen LogP contribution in [0.5, 0.6) is 0 Å². The molecule has 0 spiro atoms. The Morgan fingerprint density at radius 1 is 0.925 bits per heavy atom. The topological polar surface area (TPSA) is 65.1 Å². The molecule has 6 aromatic rings. The van der Waals surface area contributed by atoms with E-state index in [1.165, 1.54) is 0 Å². The van der Waals surface area contributed by atoms with Crippen molar-refractivity contribution in [3.63, 3.8) is 0 Å². The highest BCUT2D eigenvalue weighted by Crippen LogP contribution is 2.37. The molecule has 0 saturated heterocycles. The Bertz CT molecular complexity index is 2120. The van der Waals surface area contributed by atoms with E-state index in [9.17, 15) is 4.79 Å². The lowest BCUT2D eigenvalue weighted by molar-refractivity contribution is 0.724. The van der Waals surface area contributed by atoms with E-state index in [1.807, 2.05) is 86.6 Å². The van der Waals surface area contributed by atoms with Crippen LogP contribution in [0.25, 0.3) is 26.7 Å². The molecule has 4 heterocycles. The lowest BCUT2D eigenvalue weighted by Crippen LogP contribution is -2.20. The molecule has 7 rings (SSSR count). The molecule has 3 aromatic heterocycles. The van der Waals surface area contributed by atoms with Crippen LogP contribution in [0.2, 0.25) is 5.02 Å². The molecule has 0 fully saturated rings. The van der Waals surface area contributed by atoms with Gasteiger partial charge in [0.2, 0.25) is 0 Å². The third kappa shape index (κ3) is 3.88. The molecule has 0 saturated carbocycles. The first-order valence-corrected chi connectivity index (χ1v) is 14.1. The highest BCUT2D eigenvalue weighted by atomic mass is 35.5. The predicted molar refractivity (Wildman–Crippen MR) is 162 cm³/mol. The molecule has 6 nitrogen and oxygen atoms in total. The Morgan fingerprint density at radius 2 is 1.65 bits per heavy atom. The van der Waals surface area contributed by atoms with E-state index in [4.69, 9.17) is 16.6 Å². The fourth-order valence-electron chi connectivity index (χ4n) is 5.33. The number of benzene rings is 3. The van der Waals surface area contributed by atoms with Crippen LogP contribution in [0.1, 0.15) is 40.6 Å². The van der Waals surface area contributed by atoms with Gasteiger partial charge in [-0.15, -0.1) is 21.5 Å². The van der Waals surface area contributed by atoms with Crippen LogP contribution in [0.15, 0.2) is 88.6 Å². The molecule has 0 aliphatic carbocycles. The summed E-state index contributed by atoms with van der Waals surface area (Å²) in [6.07, 6.45) is 0. The fourth-order valence-corrected chi connectivity index (χ4v) is 6.64. The van der Waals surface area contributed by atoms with E-state index in [0.717, 1.165) is 54.7 Å². The van der Waals surface area contributed by atoms with Gasteiger partial charge < -0.3 is 0 Å². The molecule has 40 heavy (non-hydrogen) atoms. The lowest BCUT2D eigenvalue weighted by Gasteiger charge is -2.10. The maximum absolute atomic E-state index is 13.4. The first kappa shape index (κ1) is 24.5. The van der Waals surface area contributed by atoms with Crippen molar-refractivity contribution in [2.45, 2.75) is 26.4 Å². The average Bonchev–Trinajstić information content (AvgIpc) is 3.54. The number of fused-ring (bicyclic) bond motifs is 6. The molecule has 8 heteroatoms. The number of halogens is 1. The lowest BCUT2D eigenvalue weighted by atomic mass is 10.0. The van der Waals surface area contributed by atoms with Crippen molar-refractivity contribution in [2.75, 3.05) is 0 Å². The summed E-state index contributed by atoms with van der Waals surface area (Å²) in [5.41, 5.74) is 3.43. The van der Waals surface area contributed by atoms with Crippen molar-refractivity contribution in [1.82, 2.24) is 19.3 Å². The number of hydrogen-bond donors (Lipinski definition) is 0. The summed E-state index contributed by atoms with van der Waals surface area (Å²) in [6.45, 7) is 4.22. The monoisotopic (exact) mass is 559 g/mol. The van der Waals surface area contributed by atoms with E-state index in [-0.39, 0.29) is 18.1 Å². The normalized spacial score (nSPS) is 14.3. The Kier molecular flexibility index (Phi) is 5.88. The average molecular weight is 560 g/mol. The van der Waals surface area contributed by atoms with E-state index < -0.39 is 0 Å². The van der Waals surface area contributed by atoms with Crippen molar-refractivity contribution in [3.05, 3.63) is 122 Å². The van der Waals surface area contributed by atoms with Crippen molar-refractivity contribution in [2.24, 2.45) is 4.99 Å². The summed E-state index contributed by atoms with van der Waals surface area (Å²) in [5, 5.41) is 13.0. The first-order chi connectivity index (χ1) is 19.5. The third-order valence-corrected chi connectivity index (χ3v) is 8.55. The molecule has 0 radical (unpaired) electrons. The van der Waals surface area contributed by atoms with Crippen LogP contribution in [-0.2, 0) is 6.54 Å². The number of aromatic nitrogens is 4. The molecule has 0 N–H and O–H groups in total. The summed E-state index contributed by atoms with van der Waals surface area (Å²) < 4.78 is 3.81. The third-order valence-electron chi connectivity index (χ3n) is 7.18. The molecule has 1 aliphatic heterocycles. The van der Waals surface area contributed by atoms with Gasteiger partial charge in [-0.05, 0) is 43.5 Å². The minimum Gasteiger partial charge on any atom is -0.296 e. The molecule has 1 atom stereocenters. The van der Waals surface area contributed by atoms with E-state index in [2.05, 4.69) is 32.7 Å². The van der Waals surface area contributed by atoms with Crippen molar-refractivity contribution < 1.29 is 0 Å². The SMILES string of the molecule is Cc1nnc2n1-c1sc(C#CCn3c(=O)c4ccccc4c4ccccc43)cc1C(c1ccccc1Cl)=NC2C. The quantitative estimate of drug-likeness (QED) is 0.175. The fraction of sp³-hybridized carbons (Fsp3) is 0.125. The summed E-state index contributed by atoms with van der Waals surface area (Å²) in [4.78, 5) is 19.3. The second-order valence-electron chi connectivity index (χ2n) is 9.66. The van der Waals surface area contributed by atoms with Crippen molar-refractivity contribution in [1.29, 1.82) is 0 Å². The molecule has 1 aliphatic rings. The van der Waals surface area contributed by atoms with Crippen LogP contribution in [0, 0.1) is 18.8 Å². The molecule has 0 amide bonds. The number of para-hydroxylation sites is 1. The number of nitrogens with zero attached hydrogens (tertiary/aromatic N) is 5. The van der Waals surface area contributed by atoms with Gasteiger partial charge in [0.1, 0.15) is 16.9 Å². The number of aliphatic imine (C=N–C) groups is 1. The van der Waals surface area contributed by atoms with Gasteiger partial charge in [0.15, 0.2) is 5.82 Å². The molecule has 0 bridgehead atoms. The van der Waals surface area contributed by atoms with E-state index in [0.29, 0.717) is 10.4 Å². The standard InChI is InChI=1S/C32H22ClN5OS/c1-19-30-36-35-20(2)38(30)32-26(29(34-19)25-14-5-7-15-27(25)33)18-21(40-32)10-9-17-37-28-16-8-6-12-23(28)22-11-3-4-13-24(22)31(37)39/h3-8,11-16,18-19H,17H2,1-2H3. The second-order valence-corrected chi connectivity index (χ2v) is 11.1. The summed E-state index contributed by atoms with van der Waals surface area (Å²) in [6, 6.07) is 25.3. The van der Waals surface area contributed by atoms with Gasteiger partial charge >= 0.3 is 0 Å². The smallest absolute Gasteiger partial charge is 0.259 e. The Labute approximate surface area is 239 Å². The van der Waals surface area contributed by atoms with Crippen LogP contribution in [-0.4, -0.2) is 25.0 Å². The highest BCUT2D eigenvalue weighted by Gasteiger charge is 2.28. The van der Waals surface area contributed by atoms with Gasteiger partial charge in [0.25, 0.3) is 5.56 Å². The molecular formula is C32H22ClN5OS. The van der Waals surface area contributed by atoms with Gasteiger partial charge in [-0.25, -0.2) is 0 Å². The minimum atomic E-state index is -0.199.